The monoisotopic (exact) mass is 201 g/mol. The predicted molar refractivity (Wildman–Crippen MR) is 57.9 cm³/mol. The van der Waals surface area contributed by atoms with E-state index in [1.54, 1.807) is 0 Å². The topological polar surface area (TPSA) is 20.3 Å². The molecule has 2 nitrogen and oxygen atoms in total. The molecule has 0 radical (unpaired) electrons. The third kappa shape index (κ3) is 2.92. The molecule has 0 aliphatic carbocycles. The van der Waals surface area contributed by atoms with E-state index >= 15 is 0 Å². The van der Waals surface area contributed by atoms with Gasteiger partial charge in [0.2, 0.25) is 0 Å². The molecule has 0 aromatic rings. The highest BCUT2D eigenvalue weighted by Gasteiger charge is 2.19. The third-order valence-corrected chi connectivity index (χ3v) is 4.10. The van der Waals surface area contributed by atoms with Crippen LogP contribution < -0.4 is 0 Å². The summed E-state index contributed by atoms with van der Waals surface area (Å²) < 4.78 is 13.7. The molecule has 0 aromatic heterocycles. The van der Waals surface area contributed by atoms with Crippen LogP contribution in [0.15, 0.2) is 11.1 Å². The van der Waals surface area contributed by atoms with Crippen LogP contribution in [0.2, 0.25) is 0 Å². The van der Waals surface area contributed by atoms with Gasteiger partial charge in [0, 0.05) is 13.1 Å². The second kappa shape index (κ2) is 4.91. The van der Waals surface area contributed by atoms with Gasteiger partial charge in [-0.15, -0.1) is 0 Å². The van der Waals surface area contributed by atoms with E-state index in [9.17, 15) is 4.21 Å². The molecule has 0 bridgehead atoms. The molecule has 1 aliphatic heterocycles. The average molecular weight is 201 g/mol. The standard InChI is InChI=1S/C10H19NOS/c1-4-5-6-11-7-9(2)10(3)8-13(11)12/h4-8H2,1-3H3. The lowest BCUT2D eigenvalue weighted by molar-refractivity contribution is 0.455. The molecule has 3 heteroatoms. The Morgan fingerprint density at radius 1 is 1.38 bits per heavy atom. The van der Waals surface area contributed by atoms with Gasteiger partial charge in [-0.2, -0.15) is 0 Å². The molecule has 0 saturated heterocycles. The summed E-state index contributed by atoms with van der Waals surface area (Å²) in [6.07, 6.45) is 2.33. The van der Waals surface area contributed by atoms with Crippen molar-refractivity contribution in [2.75, 3.05) is 18.8 Å². The van der Waals surface area contributed by atoms with Gasteiger partial charge in [0.1, 0.15) is 0 Å². The van der Waals surface area contributed by atoms with Crippen molar-refractivity contribution in [2.24, 2.45) is 0 Å². The molecular weight excluding hydrogens is 182 g/mol. The summed E-state index contributed by atoms with van der Waals surface area (Å²) in [7, 11) is -0.755. The van der Waals surface area contributed by atoms with Crippen LogP contribution in [-0.2, 0) is 11.0 Å². The van der Waals surface area contributed by atoms with E-state index in [0.29, 0.717) is 0 Å². The van der Waals surface area contributed by atoms with Crippen molar-refractivity contribution in [3.05, 3.63) is 11.1 Å². The molecule has 13 heavy (non-hydrogen) atoms. The third-order valence-electron chi connectivity index (χ3n) is 2.53. The van der Waals surface area contributed by atoms with Crippen LogP contribution in [0.25, 0.3) is 0 Å². The van der Waals surface area contributed by atoms with E-state index in [2.05, 4.69) is 25.1 Å². The summed E-state index contributed by atoms with van der Waals surface area (Å²) in [5, 5.41) is 0. The van der Waals surface area contributed by atoms with Crippen LogP contribution in [0.3, 0.4) is 0 Å². The minimum atomic E-state index is -0.755. The van der Waals surface area contributed by atoms with Crippen molar-refractivity contribution in [1.29, 1.82) is 0 Å². The van der Waals surface area contributed by atoms with Gasteiger partial charge < -0.3 is 0 Å². The van der Waals surface area contributed by atoms with Gasteiger partial charge in [0.05, 0.1) is 16.7 Å². The maximum Gasteiger partial charge on any atom is 0.0987 e. The predicted octanol–water partition coefficient (Wildman–Crippen LogP) is 2.10. The minimum absolute atomic E-state index is 0.746. The summed E-state index contributed by atoms with van der Waals surface area (Å²) in [6.45, 7) is 8.28. The summed E-state index contributed by atoms with van der Waals surface area (Å²) in [4.78, 5) is 0. The summed E-state index contributed by atoms with van der Waals surface area (Å²) >= 11 is 0. The minimum Gasteiger partial charge on any atom is -0.242 e. The fraction of sp³-hybridized carbons (Fsp3) is 0.800. The Kier molecular flexibility index (Phi) is 4.13. The zero-order valence-electron chi connectivity index (χ0n) is 8.80. The summed E-state index contributed by atoms with van der Waals surface area (Å²) in [5.41, 5.74) is 2.71. The average Bonchev–Trinajstić information content (AvgIpc) is 2.09. The van der Waals surface area contributed by atoms with Gasteiger partial charge in [0.15, 0.2) is 0 Å². The first-order valence-electron chi connectivity index (χ1n) is 4.93. The van der Waals surface area contributed by atoms with Gasteiger partial charge in [-0.3, -0.25) is 0 Å². The zero-order chi connectivity index (χ0) is 9.84. The van der Waals surface area contributed by atoms with Crippen molar-refractivity contribution in [2.45, 2.75) is 33.6 Å². The Morgan fingerprint density at radius 3 is 2.69 bits per heavy atom. The number of unbranched alkanes of at least 4 members (excludes halogenated alkanes) is 1. The fourth-order valence-electron chi connectivity index (χ4n) is 1.39. The smallest absolute Gasteiger partial charge is 0.0987 e. The number of rotatable bonds is 3. The van der Waals surface area contributed by atoms with Gasteiger partial charge in [-0.25, -0.2) is 8.51 Å². The highest BCUT2D eigenvalue weighted by molar-refractivity contribution is 7.82. The number of nitrogens with zero attached hydrogens (tertiary/aromatic N) is 1. The van der Waals surface area contributed by atoms with Crippen LogP contribution in [-0.4, -0.2) is 27.4 Å². The van der Waals surface area contributed by atoms with E-state index < -0.39 is 11.0 Å². The Balaban J connectivity index is 2.54. The molecule has 0 aromatic carbocycles. The van der Waals surface area contributed by atoms with Crippen LogP contribution in [0.1, 0.15) is 33.6 Å². The molecule has 1 heterocycles. The maximum absolute atomic E-state index is 11.7. The zero-order valence-corrected chi connectivity index (χ0v) is 9.62. The van der Waals surface area contributed by atoms with Gasteiger partial charge in [-0.1, -0.05) is 24.5 Å². The van der Waals surface area contributed by atoms with E-state index in [1.807, 2.05) is 0 Å². The molecule has 1 atom stereocenters. The Morgan fingerprint density at radius 2 is 2.08 bits per heavy atom. The van der Waals surface area contributed by atoms with E-state index in [1.165, 1.54) is 17.6 Å². The first kappa shape index (κ1) is 10.9. The van der Waals surface area contributed by atoms with Crippen molar-refractivity contribution in [3.8, 4) is 0 Å². The first-order valence-corrected chi connectivity index (χ1v) is 6.21. The number of hydrogen-bond acceptors (Lipinski definition) is 1. The molecule has 1 unspecified atom stereocenters. The quantitative estimate of drug-likeness (QED) is 0.640. The fourth-order valence-corrected chi connectivity index (χ4v) is 2.86. The van der Waals surface area contributed by atoms with E-state index in [0.717, 1.165) is 25.3 Å². The lowest BCUT2D eigenvalue weighted by Gasteiger charge is -2.27. The molecule has 0 amide bonds. The molecule has 1 aliphatic rings. The highest BCUT2D eigenvalue weighted by Crippen LogP contribution is 2.16. The van der Waals surface area contributed by atoms with Gasteiger partial charge >= 0.3 is 0 Å². The largest absolute Gasteiger partial charge is 0.242 e. The second-order valence-corrected chi connectivity index (χ2v) is 5.19. The maximum atomic E-state index is 11.7. The Labute approximate surface area is 83.6 Å². The molecule has 0 spiro atoms. The van der Waals surface area contributed by atoms with Gasteiger partial charge in [-0.05, 0) is 20.3 Å². The molecule has 1 rings (SSSR count). The molecule has 0 fully saturated rings. The van der Waals surface area contributed by atoms with Crippen molar-refractivity contribution < 1.29 is 4.21 Å². The van der Waals surface area contributed by atoms with Crippen LogP contribution >= 0.6 is 0 Å². The van der Waals surface area contributed by atoms with Crippen LogP contribution in [0.5, 0.6) is 0 Å². The summed E-state index contributed by atoms with van der Waals surface area (Å²) in [6, 6.07) is 0. The van der Waals surface area contributed by atoms with E-state index in [4.69, 9.17) is 0 Å². The summed E-state index contributed by atoms with van der Waals surface area (Å²) in [5.74, 6) is 0.746. The normalized spacial score (nSPS) is 25.3. The van der Waals surface area contributed by atoms with Crippen LogP contribution in [0.4, 0.5) is 0 Å². The lowest BCUT2D eigenvalue weighted by Crippen LogP contribution is -2.34. The van der Waals surface area contributed by atoms with Gasteiger partial charge in [0.25, 0.3) is 0 Å². The van der Waals surface area contributed by atoms with Crippen molar-refractivity contribution in [3.63, 3.8) is 0 Å². The Hall–Kier alpha value is -0.150. The SMILES string of the molecule is CCCCN1CC(C)=C(C)CS1=O. The van der Waals surface area contributed by atoms with Crippen LogP contribution in [0, 0.1) is 0 Å². The van der Waals surface area contributed by atoms with Crippen molar-refractivity contribution in [1.82, 2.24) is 4.31 Å². The molecule has 0 N–H and O–H groups in total. The molecular formula is C10H19NOS. The van der Waals surface area contributed by atoms with E-state index in [-0.39, 0.29) is 0 Å². The highest BCUT2D eigenvalue weighted by atomic mass is 32.2. The Bertz CT molecular complexity index is 235. The van der Waals surface area contributed by atoms with Crippen molar-refractivity contribution >= 4 is 11.0 Å². The number of hydrogen-bond donors (Lipinski definition) is 0. The first-order chi connectivity index (χ1) is 6.15. The second-order valence-electron chi connectivity index (χ2n) is 3.74. The lowest BCUT2D eigenvalue weighted by atomic mass is 10.2. The molecule has 76 valence electrons. The molecule has 0 saturated carbocycles.